The molecule has 0 aromatic heterocycles. The Hall–Kier alpha value is -0.630. The van der Waals surface area contributed by atoms with Crippen LogP contribution in [-0.2, 0) is 13.6 Å². The van der Waals surface area contributed by atoms with Gasteiger partial charge in [-0.05, 0) is 46.2 Å². The van der Waals surface area contributed by atoms with E-state index in [1.165, 1.54) is 0 Å². The molecule has 0 bridgehead atoms. The van der Waals surface area contributed by atoms with Crippen molar-refractivity contribution in [2.75, 3.05) is 0 Å². The molecule has 0 aliphatic rings. The van der Waals surface area contributed by atoms with Gasteiger partial charge in [0.05, 0.1) is 17.5 Å². The van der Waals surface area contributed by atoms with E-state index in [1.54, 1.807) is 6.07 Å². The third kappa shape index (κ3) is 3.95. The molecule has 0 aliphatic carbocycles. The van der Waals surface area contributed by atoms with Gasteiger partial charge in [0.15, 0.2) is 0 Å². The maximum atomic E-state index is 12.8. The van der Waals surface area contributed by atoms with Crippen molar-refractivity contribution in [1.29, 1.82) is 0 Å². The molecular formula is C13H21O3P. The summed E-state index contributed by atoms with van der Waals surface area (Å²) >= 11 is 0. The predicted octanol–water partition coefficient (Wildman–Crippen LogP) is 3.66. The van der Waals surface area contributed by atoms with E-state index in [0.29, 0.717) is 5.30 Å². The summed E-state index contributed by atoms with van der Waals surface area (Å²) in [5.74, 6) is 0. The fourth-order valence-corrected chi connectivity index (χ4v) is 3.73. The molecule has 0 saturated heterocycles. The SMILES string of the molecule is Cc1ccccc1P(=O)(OC(C)C)OC(C)C. The standard InChI is InChI=1S/C13H21O3P/c1-10(2)15-17(14,16-11(3)4)13-9-7-6-8-12(13)5/h6-11H,1-5H3. The highest BCUT2D eigenvalue weighted by molar-refractivity contribution is 7.62. The summed E-state index contributed by atoms with van der Waals surface area (Å²) in [5, 5.41) is 0.655. The highest BCUT2D eigenvalue weighted by atomic mass is 31.2. The first-order valence-electron chi connectivity index (χ1n) is 5.88. The van der Waals surface area contributed by atoms with Crippen LogP contribution in [0.5, 0.6) is 0 Å². The first-order valence-corrected chi connectivity index (χ1v) is 7.42. The number of hydrogen-bond donors (Lipinski definition) is 0. The quantitative estimate of drug-likeness (QED) is 0.754. The Labute approximate surface area is 104 Å². The summed E-state index contributed by atoms with van der Waals surface area (Å²) in [4.78, 5) is 0. The highest BCUT2D eigenvalue weighted by Crippen LogP contribution is 2.49. The molecule has 0 N–H and O–H groups in total. The molecule has 0 fully saturated rings. The van der Waals surface area contributed by atoms with Crippen LogP contribution in [0.15, 0.2) is 24.3 Å². The van der Waals surface area contributed by atoms with E-state index in [2.05, 4.69) is 0 Å². The van der Waals surface area contributed by atoms with Crippen LogP contribution in [-0.4, -0.2) is 12.2 Å². The van der Waals surface area contributed by atoms with E-state index in [-0.39, 0.29) is 12.2 Å². The average molecular weight is 256 g/mol. The van der Waals surface area contributed by atoms with Crippen LogP contribution in [0.1, 0.15) is 33.3 Å². The number of hydrogen-bond acceptors (Lipinski definition) is 3. The van der Waals surface area contributed by atoms with E-state index >= 15 is 0 Å². The molecule has 1 rings (SSSR count). The van der Waals surface area contributed by atoms with Gasteiger partial charge in [-0.15, -0.1) is 0 Å². The summed E-state index contributed by atoms with van der Waals surface area (Å²) in [7, 11) is -3.22. The molecule has 0 amide bonds. The Kier molecular flexibility index (Phi) is 4.93. The summed E-state index contributed by atoms with van der Waals surface area (Å²) < 4.78 is 23.9. The molecule has 0 spiro atoms. The van der Waals surface area contributed by atoms with Gasteiger partial charge in [-0.1, -0.05) is 18.2 Å². The van der Waals surface area contributed by atoms with Gasteiger partial charge in [0, 0.05) is 0 Å². The highest BCUT2D eigenvalue weighted by Gasteiger charge is 2.31. The molecule has 0 radical (unpaired) electrons. The fourth-order valence-electron chi connectivity index (χ4n) is 1.56. The molecule has 1 aromatic carbocycles. The van der Waals surface area contributed by atoms with Crippen molar-refractivity contribution in [3.63, 3.8) is 0 Å². The molecule has 96 valence electrons. The van der Waals surface area contributed by atoms with Crippen molar-refractivity contribution in [1.82, 2.24) is 0 Å². The lowest BCUT2D eigenvalue weighted by Crippen LogP contribution is -2.18. The molecular weight excluding hydrogens is 235 g/mol. The van der Waals surface area contributed by atoms with Crippen LogP contribution in [0.25, 0.3) is 0 Å². The Morgan fingerprint density at radius 1 is 1.00 bits per heavy atom. The molecule has 0 heterocycles. The minimum atomic E-state index is -3.22. The largest absolute Gasteiger partial charge is 0.362 e. The second-order valence-corrected chi connectivity index (χ2v) is 6.49. The smallest absolute Gasteiger partial charge is 0.302 e. The first kappa shape index (κ1) is 14.4. The maximum absolute atomic E-state index is 12.8. The lowest BCUT2D eigenvalue weighted by atomic mass is 10.2. The molecule has 17 heavy (non-hydrogen) atoms. The minimum Gasteiger partial charge on any atom is -0.302 e. The van der Waals surface area contributed by atoms with Crippen LogP contribution in [0.3, 0.4) is 0 Å². The third-order valence-electron chi connectivity index (χ3n) is 2.11. The average Bonchev–Trinajstić information content (AvgIpc) is 2.15. The maximum Gasteiger partial charge on any atom is 0.362 e. The first-order chi connectivity index (χ1) is 7.85. The number of aryl methyl sites for hydroxylation is 1. The summed E-state index contributed by atoms with van der Waals surface area (Å²) in [6.45, 7) is 9.34. The van der Waals surface area contributed by atoms with Crippen molar-refractivity contribution >= 4 is 12.9 Å². The van der Waals surface area contributed by atoms with Crippen LogP contribution in [0.2, 0.25) is 0 Å². The van der Waals surface area contributed by atoms with E-state index in [4.69, 9.17) is 9.05 Å². The van der Waals surface area contributed by atoms with Crippen molar-refractivity contribution in [2.45, 2.75) is 46.8 Å². The van der Waals surface area contributed by atoms with Gasteiger partial charge in [-0.3, -0.25) is 4.57 Å². The van der Waals surface area contributed by atoms with Crippen molar-refractivity contribution in [2.24, 2.45) is 0 Å². The van der Waals surface area contributed by atoms with Gasteiger partial charge in [-0.2, -0.15) is 0 Å². The van der Waals surface area contributed by atoms with E-state index < -0.39 is 7.60 Å². The molecule has 1 aromatic rings. The van der Waals surface area contributed by atoms with Gasteiger partial charge in [-0.25, -0.2) is 0 Å². The number of rotatable bonds is 5. The van der Waals surface area contributed by atoms with Gasteiger partial charge in [0.1, 0.15) is 0 Å². The monoisotopic (exact) mass is 256 g/mol. The van der Waals surface area contributed by atoms with Gasteiger partial charge >= 0.3 is 7.60 Å². The molecule has 0 unspecified atom stereocenters. The van der Waals surface area contributed by atoms with Gasteiger partial charge < -0.3 is 9.05 Å². The van der Waals surface area contributed by atoms with E-state index in [9.17, 15) is 4.57 Å². The van der Waals surface area contributed by atoms with Crippen molar-refractivity contribution in [3.8, 4) is 0 Å². The predicted molar refractivity (Wildman–Crippen MR) is 70.9 cm³/mol. The third-order valence-corrected chi connectivity index (χ3v) is 4.60. The number of benzene rings is 1. The normalized spacial score (nSPS) is 12.4. The van der Waals surface area contributed by atoms with Gasteiger partial charge in [0.2, 0.25) is 0 Å². The second-order valence-electron chi connectivity index (χ2n) is 4.59. The topological polar surface area (TPSA) is 35.5 Å². The Balaban J connectivity index is 3.15. The summed E-state index contributed by atoms with van der Waals surface area (Å²) in [5.41, 5.74) is 0.928. The van der Waals surface area contributed by atoms with Crippen LogP contribution in [0.4, 0.5) is 0 Å². The van der Waals surface area contributed by atoms with Crippen LogP contribution < -0.4 is 5.30 Å². The minimum absolute atomic E-state index is 0.140. The van der Waals surface area contributed by atoms with Crippen molar-refractivity contribution < 1.29 is 13.6 Å². The van der Waals surface area contributed by atoms with Crippen LogP contribution in [0, 0.1) is 6.92 Å². The molecule has 0 saturated carbocycles. The zero-order valence-electron chi connectivity index (χ0n) is 11.1. The summed E-state index contributed by atoms with van der Waals surface area (Å²) in [6.07, 6.45) is -0.279. The Morgan fingerprint density at radius 3 is 1.88 bits per heavy atom. The van der Waals surface area contributed by atoms with E-state index in [0.717, 1.165) is 5.56 Å². The second kappa shape index (κ2) is 5.81. The Bertz CT molecular complexity index is 399. The fraction of sp³-hybridized carbons (Fsp3) is 0.538. The molecule has 0 aliphatic heterocycles. The molecule has 3 nitrogen and oxygen atoms in total. The molecule has 0 atom stereocenters. The van der Waals surface area contributed by atoms with Crippen molar-refractivity contribution in [3.05, 3.63) is 29.8 Å². The lowest BCUT2D eigenvalue weighted by Gasteiger charge is -2.24. The van der Waals surface area contributed by atoms with E-state index in [1.807, 2.05) is 52.8 Å². The van der Waals surface area contributed by atoms with Crippen LogP contribution >= 0.6 is 7.60 Å². The molecule has 4 heteroatoms. The Morgan fingerprint density at radius 2 is 1.47 bits per heavy atom. The zero-order valence-corrected chi connectivity index (χ0v) is 12.0. The summed E-state index contributed by atoms with van der Waals surface area (Å²) in [6, 6.07) is 7.48. The zero-order chi connectivity index (χ0) is 13.1. The van der Waals surface area contributed by atoms with Gasteiger partial charge in [0.25, 0.3) is 0 Å². The lowest BCUT2D eigenvalue weighted by molar-refractivity contribution is 0.150.